The van der Waals surface area contributed by atoms with Gasteiger partial charge in [-0.3, -0.25) is 0 Å². The highest BCUT2D eigenvalue weighted by atomic mass is 16.5. The molecule has 2 rings (SSSR count). The average molecular weight is 414 g/mol. The van der Waals surface area contributed by atoms with Crippen molar-refractivity contribution in [3.05, 3.63) is 59.7 Å². The minimum atomic E-state index is -1.95. The van der Waals surface area contributed by atoms with Gasteiger partial charge in [0.2, 0.25) is 5.60 Å². The van der Waals surface area contributed by atoms with Gasteiger partial charge in [-0.25, -0.2) is 21.0 Å². The van der Waals surface area contributed by atoms with Crippen LogP contribution in [-0.4, -0.2) is 39.2 Å². The van der Waals surface area contributed by atoms with Crippen molar-refractivity contribution in [3.63, 3.8) is 0 Å². The molecule has 0 radical (unpaired) electrons. The number of carboxylic acids is 2. The molecule has 160 valence electrons. The van der Waals surface area contributed by atoms with Crippen LogP contribution in [0.2, 0.25) is 0 Å². The first-order chi connectivity index (χ1) is 14.0. The summed E-state index contributed by atoms with van der Waals surface area (Å²) in [6.07, 6.45) is -0.114. The van der Waals surface area contributed by atoms with Crippen LogP contribution in [0.3, 0.4) is 0 Å². The minimum Gasteiger partial charge on any atom is -0.479 e. The van der Waals surface area contributed by atoms with Gasteiger partial charge in [-0.15, -0.1) is 5.10 Å². The fraction of sp³-hybridized carbons (Fsp3) is 0.286. The lowest BCUT2D eigenvalue weighted by molar-refractivity contribution is -0.170. The van der Waals surface area contributed by atoms with Crippen molar-refractivity contribution in [3.8, 4) is 11.1 Å². The number of aromatic carboxylic acids is 1. The Kier molecular flexibility index (Phi) is 6.81. The van der Waals surface area contributed by atoms with Gasteiger partial charge >= 0.3 is 11.9 Å². The van der Waals surface area contributed by atoms with Crippen molar-refractivity contribution in [1.29, 1.82) is 0 Å². The van der Waals surface area contributed by atoms with Crippen LogP contribution in [-0.2, 0) is 16.0 Å². The van der Waals surface area contributed by atoms with Gasteiger partial charge in [0.1, 0.15) is 0 Å². The van der Waals surface area contributed by atoms with E-state index in [2.05, 4.69) is 5.10 Å². The molecular weight excluding hydrogens is 388 g/mol. The van der Waals surface area contributed by atoms with E-state index in [0.29, 0.717) is 16.7 Å². The van der Waals surface area contributed by atoms with Crippen LogP contribution in [0.25, 0.3) is 11.1 Å². The third-order valence-corrected chi connectivity index (χ3v) is 4.30. The molecule has 0 bridgehead atoms. The van der Waals surface area contributed by atoms with Gasteiger partial charge in [-0.05, 0) is 43.5 Å². The zero-order valence-corrected chi connectivity index (χ0v) is 17.0. The van der Waals surface area contributed by atoms with Crippen molar-refractivity contribution >= 4 is 17.8 Å². The van der Waals surface area contributed by atoms with E-state index in [1.807, 2.05) is 5.53 Å². The van der Waals surface area contributed by atoms with Gasteiger partial charge in [0.15, 0.2) is 5.84 Å². The number of rotatable bonds is 8. The SMILES string of the molecule is CC(C)(C)OC(Cc1ccc(-c2ccccc2C(=O)O)cc1)(C(=O)O)/C(N)=N/NN. The summed E-state index contributed by atoms with van der Waals surface area (Å²) in [7, 11) is 0. The lowest BCUT2D eigenvalue weighted by Crippen LogP contribution is -2.58. The zero-order valence-electron chi connectivity index (χ0n) is 17.0. The summed E-state index contributed by atoms with van der Waals surface area (Å²) >= 11 is 0. The van der Waals surface area contributed by atoms with Gasteiger partial charge in [0, 0.05) is 6.42 Å². The second kappa shape index (κ2) is 8.93. The van der Waals surface area contributed by atoms with E-state index in [9.17, 15) is 19.8 Å². The maximum Gasteiger partial charge on any atom is 0.344 e. The molecule has 7 N–H and O–H groups in total. The van der Waals surface area contributed by atoms with Crippen LogP contribution in [0.15, 0.2) is 53.6 Å². The number of hydrazine groups is 1. The predicted octanol–water partition coefficient (Wildman–Crippen LogP) is 1.97. The molecule has 1 atom stereocenters. The molecule has 0 aliphatic rings. The van der Waals surface area contributed by atoms with Gasteiger partial charge < -0.3 is 20.7 Å². The molecule has 2 aromatic rings. The first-order valence-electron chi connectivity index (χ1n) is 9.14. The van der Waals surface area contributed by atoms with Gasteiger partial charge in [-0.2, -0.15) is 0 Å². The molecule has 2 aromatic carbocycles. The molecular formula is C21H26N4O5. The fourth-order valence-corrected chi connectivity index (χ4v) is 3.10. The molecule has 30 heavy (non-hydrogen) atoms. The van der Waals surface area contributed by atoms with E-state index >= 15 is 0 Å². The molecule has 0 aromatic heterocycles. The monoisotopic (exact) mass is 414 g/mol. The third-order valence-electron chi connectivity index (χ3n) is 4.30. The van der Waals surface area contributed by atoms with E-state index in [4.69, 9.17) is 16.3 Å². The maximum atomic E-state index is 12.2. The van der Waals surface area contributed by atoms with Crippen molar-refractivity contribution in [2.45, 2.75) is 38.4 Å². The number of hydrogen-bond acceptors (Lipinski definition) is 6. The number of benzene rings is 2. The Balaban J connectivity index is 2.46. The number of hydrazone groups is 1. The van der Waals surface area contributed by atoms with Crippen molar-refractivity contribution < 1.29 is 24.5 Å². The molecule has 0 aliphatic heterocycles. The molecule has 9 heteroatoms. The quantitative estimate of drug-likeness (QED) is 0.190. The molecule has 0 saturated heterocycles. The lowest BCUT2D eigenvalue weighted by Gasteiger charge is -2.35. The van der Waals surface area contributed by atoms with E-state index in [0.717, 1.165) is 0 Å². The van der Waals surface area contributed by atoms with E-state index < -0.39 is 23.1 Å². The predicted molar refractivity (Wildman–Crippen MR) is 113 cm³/mol. The number of carbonyl (C=O) groups is 2. The first-order valence-corrected chi connectivity index (χ1v) is 9.14. The number of nitrogens with zero attached hydrogens (tertiary/aromatic N) is 1. The zero-order chi connectivity index (χ0) is 22.5. The van der Waals surface area contributed by atoms with Crippen LogP contribution in [0.4, 0.5) is 0 Å². The van der Waals surface area contributed by atoms with Crippen LogP contribution in [0.1, 0.15) is 36.7 Å². The number of nitrogens with one attached hydrogen (secondary N) is 1. The van der Waals surface area contributed by atoms with E-state index in [1.54, 1.807) is 63.2 Å². The Morgan fingerprint density at radius 2 is 1.67 bits per heavy atom. The summed E-state index contributed by atoms with van der Waals surface area (Å²) < 4.78 is 5.84. The molecule has 1 unspecified atom stereocenters. The van der Waals surface area contributed by atoms with Crippen molar-refractivity contribution in [2.24, 2.45) is 16.7 Å². The number of aliphatic carboxylic acids is 1. The smallest absolute Gasteiger partial charge is 0.344 e. The minimum absolute atomic E-state index is 0.114. The Morgan fingerprint density at radius 3 is 2.17 bits per heavy atom. The second-order valence-corrected chi connectivity index (χ2v) is 7.70. The summed E-state index contributed by atoms with van der Waals surface area (Å²) in [5.74, 6) is 2.52. The molecule has 0 saturated carbocycles. The highest BCUT2D eigenvalue weighted by molar-refractivity contribution is 6.08. The molecule has 0 amide bonds. The lowest BCUT2D eigenvalue weighted by atomic mass is 9.90. The fourth-order valence-electron chi connectivity index (χ4n) is 3.10. The molecule has 0 spiro atoms. The topological polar surface area (TPSA) is 160 Å². The van der Waals surface area contributed by atoms with Gasteiger partial charge in [0.05, 0.1) is 11.2 Å². The van der Waals surface area contributed by atoms with Crippen LogP contribution in [0, 0.1) is 0 Å². The number of nitrogens with two attached hydrogens (primary N) is 2. The Hall–Kier alpha value is -3.43. The summed E-state index contributed by atoms with van der Waals surface area (Å²) in [5, 5.41) is 23.0. The Labute approximate surface area is 174 Å². The Bertz CT molecular complexity index is 951. The average Bonchev–Trinajstić information content (AvgIpc) is 2.67. The maximum absolute atomic E-state index is 12.2. The van der Waals surface area contributed by atoms with Crippen LogP contribution >= 0.6 is 0 Å². The highest BCUT2D eigenvalue weighted by Crippen LogP contribution is 2.28. The second-order valence-electron chi connectivity index (χ2n) is 7.70. The van der Waals surface area contributed by atoms with Crippen LogP contribution < -0.4 is 17.1 Å². The van der Waals surface area contributed by atoms with Crippen molar-refractivity contribution in [2.75, 3.05) is 0 Å². The molecule has 0 heterocycles. The summed E-state index contributed by atoms with van der Waals surface area (Å²) in [4.78, 5) is 23.7. The number of carboxylic acid groups (broad SMARTS) is 2. The summed E-state index contributed by atoms with van der Waals surface area (Å²) in [5.41, 5.74) is 7.16. The summed E-state index contributed by atoms with van der Waals surface area (Å²) in [6, 6.07) is 13.5. The largest absolute Gasteiger partial charge is 0.479 e. The van der Waals surface area contributed by atoms with Crippen molar-refractivity contribution in [1.82, 2.24) is 5.53 Å². The number of ether oxygens (including phenoxy) is 1. The molecule has 9 nitrogen and oxygen atoms in total. The summed E-state index contributed by atoms with van der Waals surface area (Å²) in [6.45, 7) is 5.12. The van der Waals surface area contributed by atoms with E-state index in [1.165, 1.54) is 6.07 Å². The van der Waals surface area contributed by atoms with E-state index in [-0.39, 0.29) is 17.8 Å². The Morgan fingerprint density at radius 1 is 1.07 bits per heavy atom. The molecule has 0 aliphatic carbocycles. The van der Waals surface area contributed by atoms with Gasteiger partial charge in [0.25, 0.3) is 0 Å². The first kappa shape index (κ1) is 22.9. The normalized spacial score (nSPS) is 14.1. The van der Waals surface area contributed by atoms with Crippen LogP contribution in [0.5, 0.6) is 0 Å². The van der Waals surface area contributed by atoms with Gasteiger partial charge in [-0.1, -0.05) is 42.5 Å². The molecule has 0 fully saturated rings. The third kappa shape index (κ3) is 5.13. The number of hydrogen-bond donors (Lipinski definition) is 5. The highest BCUT2D eigenvalue weighted by Gasteiger charge is 2.47. The number of amidine groups is 1. The standard InChI is InChI=1S/C21H26N4O5/c1-20(2,3)30-21(19(28)29,18(22)24-25-23)12-13-8-10-14(11-9-13)15-6-4-5-7-16(15)17(26)27/h4-11,25H,12,23H2,1-3H3,(H2,22,24)(H,26,27)(H,28,29).